The van der Waals surface area contributed by atoms with Crippen molar-refractivity contribution in [2.24, 2.45) is 5.73 Å². The molecule has 4 nitrogen and oxygen atoms in total. The fourth-order valence-corrected chi connectivity index (χ4v) is 0. The van der Waals surface area contributed by atoms with E-state index in [4.69, 9.17) is 15.5 Å². The van der Waals surface area contributed by atoms with Gasteiger partial charge in [-0.3, -0.25) is 0 Å². The zero-order valence-corrected chi connectivity index (χ0v) is 9.93. The van der Waals surface area contributed by atoms with Crippen molar-refractivity contribution in [1.82, 2.24) is 0 Å². The molecule has 0 aromatic carbocycles. The fourth-order valence-electron chi connectivity index (χ4n) is 0. The standard InChI is InChI=1S/CH3NS2.Mo.H3O3PS/c2-1(3)4;;1-4(2,3)5/h(H3,2,3,4);;(H3,1,2,3,5)/q;+1;/p-1. The fraction of sp³-hybridized carbons (Fsp3) is 0. The Morgan fingerprint density at radius 3 is 1.80 bits per heavy atom. The number of thiol groups is 1. The summed E-state index contributed by atoms with van der Waals surface area (Å²) in [7, 11) is 0. The van der Waals surface area contributed by atoms with E-state index in [2.05, 4.69) is 39.8 Å². The van der Waals surface area contributed by atoms with E-state index >= 15 is 0 Å². The average molecular weight is 302 g/mol. The molecule has 0 radical (unpaired) electrons. The Morgan fingerprint density at radius 1 is 1.70 bits per heavy atom. The summed E-state index contributed by atoms with van der Waals surface area (Å²) in [4.78, 5) is 16.2. The van der Waals surface area contributed by atoms with Crippen molar-refractivity contribution >= 4 is 47.7 Å². The number of rotatable bonds is 1. The van der Waals surface area contributed by atoms with Crippen molar-refractivity contribution in [2.75, 3.05) is 0 Å². The Hall–Kier alpha value is 1.46. The second kappa shape index (κ2) is 7.13. The van der Waals surface area contributed by atoms with Gasteiger partial charge in [-0.15, -0.1) is 12.6 Å². The molecule has 4 N–H and O–H groups in total. The van der Waals surface area contributed by atoms with E-state index in [1.54, 1.807) is 0 Å². The molecule has 0 fully saturated rings. The van der Waals surface area contributed by atoms with Gasteiger partial charge < -0.3 is 5.73 Å². The normalized spacial score (nSPS) is 9.50. The summed E-state index contributed by atoms with van der Waals surface area (Å²) in [5.41, 5.74) is 4.71. The Bertz CT molecular complexity index is 143. The Labute approximate surface area is 86.2 Å². The number of nitrogens with two attached hydrogens (primary N) is 1. The van der Waals surface area contributed by atoms with Crippen LogP contribution in [0.15, 0.2) is 0 Å². The molecule has 0 aromatic rings. The summed E-state index contributed by atoms with van der Waals surface area (Å²) in [5.74, 6) is 0. The topological polar surface area (TPSA) is 75.7 Å². The monoisotopic (exact) mass is 304 g/mol. The average Bonchev–Trinajstić information content (AvgIpc) is 1.63. The summed E-state index contributed by atoms with van der Waals surface area (Å²) in [6, 6.07) is 0. The Balaban J connectivity index is 0. The molecular weight excluding hydrogens is 297 g/mol. The van der Waals surface area contributed by atoms with E-state index in [1.165, 1.54) is 0 Å². The van der Waals surface area contributed by atoms with E-state index < -0.39 is 6.72 Å². The van der Waals surface area contributed by atoms with Gasteiger partial charge in [0, 0.05) is 0 Å². The van der Waals surface area contributed by atoms with E-state index in [0.29, 0.717) is 0 Å². The molecule has 9 heteroatoms. The molecule has 61 valence electrons. The van der Waals surface area contributed by atoms with Crippen molar-refractivity contribution in [3.8, 4) is 0 Å². The predicted molar refractivity (Wildman–Crippen MR) is 45.6 cm³/mol. The molecule has 0 aromatic heterocycles. The summed E-state index contributed by atoms with van der Waals surface area (Å²) in [5, 5.41) is 0. The summed E-state index contributed by atoms with van der Waals surface area (Å²) < 4.78 is 4.18. The number of thiocarbonyl (C=S) groups is 1. The van der Waals surface area contributed by atoms with Gasteiger partial charge in [0.2, 0.25) is 0 Å². The Kier molecular flexibility index (Phi) is 9.98. The maximum atomic E-state index is 8.09. The van der Waals surface area contributed by atoms with Crippen LogP contribution in [0.5, 0.6) is 0 Å². The van der Waals surface area contributed by atoms with E-state index in [9.17, 15) is 0 Å². The SMILES string of the molecule is NC(=S)S.OP(O)(=S)[O][Mo]. The van der Waals surface area contributed by atoms with Crippen LogP contribution >= 0.6 is 31.6 Å². The first kappa shape index (κ1) is 14.0. The zero-order chi connectivity index (χ0) is 8.78. The van der Waals surface area contributed by atoms with Crippen LogP contribution in [-0.4, -0.2) is 14.1 Å². The Morgan fingerprint density at radius 2 is 1.80 bits per heavy atom. The molecule has 0 amide bonds. The van der Waals surface area contributed by atoms with Crippen LogP contribution in [0.3, 0.4) is 0 Å². The number of hydrogen-bond donors (Lipinski definition) is 4. The van der Waals surface area contributed by atoms with Gasteiger partial charge in [0.25, 0.3) is 0 Å². The maximum absolute atomic E-state index is 8.09. The first-order chi connectivity index (χ1) is 4.29. The van der Waals surface area contributed by atoms with E-state index in [0.717, 1.165) is 20.2 Å². The molecule has 0 aliphatic rings. The minimum atomic E-state index is -3.31. The number of hydrogen-bond acceptors (Lipinski definition) is 3. The van der Waals surface area contributed by atoms with Crippen molar-refractivity contribution in [3.05, 3.63) is 0 Å². The van der Waals surface area contributed by atoms with Crippen LogP contribution in [-0.2, 0) is 35.2 Å². The van der Waals surface area contributed by atoms with Gasteiger partial charge >= 0.3 is 51.7 Å². The third-order valence-electron chi connectivity index (χ3n) is 0.0971. The van der Waals surface area contributed by atoms with Gasteiger partial charge in [-0.25, -0.2) is 0 Å². The second-order valence-corrected chi connectivity index (χ2v) is 5.78. The molecule has 0 bridgehead atoms. The molecule has 0 atom stereocenters. The van der Waals surface area contributed by atoms with Gasteiger partial charge in [-0.2, -0.15) is 0 Å². The summed E-state index contributed by atoms with van der Waals surface area (Å²) in [6.07, 6.45) is 0. The molecule has 0 aliphatic heterocycles. The van der Waals surface area contributed by atoms with Gasteiger partial charge in [-0.05, 0) is 0 Å². The van der Waals surface area contributed by atoms with Crippen molar-refractivity contribution in [3.63, 3.8) is 0 Å². The minimum absolute atomic E-state index is 0.194. The first-order valence-electron chi connectivity index (χ1n) is 1.65. The molecule has 10 heavy (non-hydrogen) atoms. The van der Waals surface area contributed by atoms with Crippen LogP contribution in [0, 0.1) is 0 Å². The van der Waals surface area contributed by atoms with E-state index in [-0.39, 0.29) is 4.32 Å². The van der Waals surface area contributed by atoms with Crippen LogP contribution in [0.25, 0.3) is 0 Å². The van der Waals surface area contributed by atoms with Crippen LogP contribution in [0.1, 0.15) is 0 Å². The van der Waals surface area contributed by atoms with Crippen molar-refractivity contribution in [1.29, 1.82) is 0 Å². The van der Waals surface area contributed by atoms with Crippen LogP contribution in [0.2, 0.25) is 0 Å². The molecule has 0 heterocycles. The van der Waals surface area contributed by atoms with Gasteiger partial charge in [0.1, 0.15) is 4.32 Å². The summed E-state index contributed by atoms with van der Waals surface area (Å²) in [6.45, 7) is -3.31. The molecule has 0 spiro atoms. The van der Waals surface area contributed by atoms with Gasteiger partial charge in [0.15, 0.2) is 0 Å². The predicted octanol–water partition coefficient (Wildman–Crippen LogP) is -0.166. The third-order valence-corrected chi connectivity index (χ3v) is 2.80. The van der Waals surface area contributed by atoms with Crippen LogP contribution < -0.4 is 5.73 Å². The molecule has 0 rings (SSSR count). The quantitative estimate of drug-likeness (QED) is 0.233. The van der Waals surface area contributed by atoms with Crippen LogP contribution in [0.4, 0.5) is 0 Å². The zero-order valence-electron chi connectivity index (χ0n) is 4.50. The van der Waals surface area contributed by atoms with Gasteiger partial charge in [0.05, 0.1) is 0 Å². The molecule has 0 saturated heterocycles. The van der Waals surface area contributed by atoms with E-state index in [1.807, 2.05) is 0 Å². The summed E-state index contributed by atoms with van der Waals surface area (Å²) >= 11 is 12.7. The van der Waals surface area contributed by atoms with Gasteiger partial charge in [-0.1, -0.05) is 12.2 Å². The van der Waals surface area contributed by atoms with Crippen molar-refractivity contribution in [2.45, 2.75) is 0 Å². The first-order valence-corrected chi connectivity index (χ1v) is 5.95. The molecular formula is CH5MoNO3PS3. The third kappa shape index (κ3) is 34.0. The second-order valence-electron chi connectivity index (χ2n) is 0.903. The molecule has 0 saturated carbocycles. The molecule has 0 aliphatic carbocycles. The van der Waals surface area contributed by atoms with Crippen molar-refractivity contribution < 1.29 is 33.2 Å². The molecule has 0 unspecified atom stereocenters.